The second-order valence-corrected chi connectivity index (χ2v) is 11.7. The lowest BCUT2D eigenvalue weighted by molar-refractivity contribution is -0.119. The van der Waals surface area contributed by atoms with Crippen LogP contribution in [0.5, 0.6) is 5.88 Å². The maximum absolute atomic E-state index is 11.6. The predicted molar refractivity (Wildman–Crippen MR) is 173 cm³/mol. The van der Waals surface area contributed by atoms with Crippen LogP contribution in [-0.4, -0.2) is 45.5 Å². The molecule has 0 bridgehead atoms. The van der Waals surface area contributed by atoms with E-state index in [2.05, 4.69) is 37.0 Å². The van der Waals surface area contributed by atoms with Crippen molar-refractivity contribution in [2.75, 3.05) is 19.0 Å². The Balaban J connectivity index is 1.19. The van der Waals surface area contributed by atoms with E-state index < -0.39 is 0 Å². The van der Waals surface area contributed by atoms with E-state index in [9.17, 15) is 4.79 Å². The van der Waals surface area contributed by atoms with E-state index in [1.54, 1.807) is 13.3 Å². The van der Waals surface area contributed by atoms with E-state index in [0.29, 0.717) is 45.9 Å². The van der Waals surface area contributed by atoms with Crippen LogP contribution >= 0.6 is 23.2 Å². The summed E-state index contributed by atoms with van der Waals surface area (Å²) in [6.45, 7) is 0.716. The number of carbonyl (C=O) groups excluding carboxylic acids is 1. The number of benzene rings is 2. The molecule has 2 aromatic carbocycles. The smallest absolute Gasteiger partial charge is 0.220 e. The summed E-state index contributed by atoms with van der Waals surface area (Å²) in [4.78, 5) is 29.6. The molecule has 0 radical (unpaired) electrons. The molecule has 1 aliphatic heterocycles. The van der Waals surface area contributed by atoms with Gasteiger partial charge in [-0.1, -0.05) is 53.5 Å². The normalized spacial score (nSPS) is 17.5. The van der Waals surface area contributed by atoms with Gasteiger partial charge in [0.05, 0.1) is 34.1 Å². The average molecular weight is 627 g/mol. The van der Waals surface area contributed by atoms with E-state index in [1.165, 1.54) is 11.9 Å². The van der Waals surface area contributed by atoms with Gasteiger partial charge in [0.2, 0.25) is 11.8 Å². The van der Waals surface area contributed by atoms with Gasteiger partial charge in [-0.2, -0.15) is 0 Å². The molecule has 44 heavy (non-hydrogen) atoms. The van der Waals surface area contributed by atoms with Gasteiger partial charge in [-0.15, -0.1) is 0 Å². The number of fused-ring (bicyclic) bond motifs is 2. The molecule has 7 rings (SSSR count). The maximum atomic E-state index is 11.6. The number of methoxy groups -OCH3 is 1. The number of anilines is 2. The zero-order valence-corrected chi connectivity index (χ0v) is 25.4. The van der Waals surface area contributed by atoms with E-state index in [-0.39, 0.29) is 18.0 Å². The van der Waals surface area contributed by atoms with E-state index in [1.807, 2.05) is 48.5 Å². The van der Waals surface area contributed by atoms with Crippen molar-refractivity contribution < 1.29 is 9.53 Å². The van der Waals surface area contributed by atoms with Crippen LogP contribution < -0.4 is 20.7 Å². The number of nitrogens with zero attached hydrogens (tertiary/aromatic N) is 4. The quantitative estimate of drug-likeness (QED) is 0.175. The molecule has 1 amide bonds. The zero-order valence-electron chi connectivity index (χ0n) is 23.9. The van der Waals surface area contributed by atoms with Crippen molar-refractivity contribution in [2.24, 2.45) is 0 Å². The van der Waals surface area contributed by atoms with Gasteiger partial charge in [0, 0.05) is 53.5 Å². The highest BCUT2D eigenvalue weighted by atomic mass is 35.5. The number of hydrogen-bond acceptors (Lipinski definition) is 8. The first-order valence-electron chi connectivity index (χ1n) is 14.5. The summed E-state index contributed by atoms with van der Waals surface area (Å²) in [6, 6.07) is 17.7. The second kappa shape index (κ2) is 12.0. The summed E-state index contributed by atoms with van der Waals surface area (Å²) < 4.78 is 5.81. The van der Waals surface area contributed by atoms with Gasteiger partial charge in [-0.25, -0.2) is 15.0 Å². The van der Waals surface area contributed by atoms with Gasteiger partial charge in [-0.3, -0.25) is 9.78 Å². The molecule has 4 heterocycles. The third-order valence-corrected chi connectivity index (χ3v) is 9.07. The number of aromatic nitrogens is 4. The zero-order chi connectivity index (χ0) is 30.2. The summed E-state index contributed by atoms with van der Waals surface area (Å²) in [5, 5.41) is 11.0. The Morgan fingerprint density at radius 1 is 0.955 bits per heavy atom. The number of halogens is 2. The summed E-state index contributed by atoms with van der Waals surface area (Å²) in [7, 11) is 1.64. The highest BCUT2D eigenvalue weighted by Gasteiger charge is 2.30. The number of ether oxygens (including phenoxy) is 1. The van der Waals surface area contributed by atoms with Gasteiger partial charge >= 0.3 is 0 Å². The van der Waals surface area contributed by atoms with Crippen molar-refractivity contribution in [3.05, 3.63) is 88.3 Å². The van der Waals surface area contributed by atoms with Gasteiger partial charge in [0.1, 0.15) is 11.8 Å². The summed E-state index contributed by atoms with van der Waals surface area (Å²) >= 11 is 14.1. The van der Waals surface area contributed by atoms with Crippen molar-refractivity contribution in [3.63, 3.8) is 0 Å². The van der Waals surface area contributed by atoms with Gasteiger partial charge in [-0.05, 0) is 49.1 Å². The molecule has 2 aliphatic rings. The molecule has 11 heteroatoms. The molecule has 1 fully saturated rings. The lowest BCUT2D eigenvalue weighted by Crippen LogP contribution is -2.36. The van der Waals surface area contributed by atoms with Crippen molar-refractivity contribution in [3.8, 4) is 28.3 Å². The average Bonchev–Trinajstić information content (AvgIpc) is 3.66. The Kier molecular flexibility index (Phi) is 7.76. The second-order valence-electron chi connectivity index (χ2n) is 10.9. The van der Waals surface area contributed by atoms with Crippen LogP contribution in [0.15, 0.2) is 67.1 Å². The topological polar surface area (TPSA) is 114 Å². The lowest BCUT2D eigenvalue weighted by Gasteiger charge is -2.20. The third kappa shape index (κ3) is 5.32. The van der Waals surface area contributed by atoms with E-state index in [4.69, 9.17) is 32.9 Å². The SMILES string of the molecule is COc1nc(-c2cccc(-c3cccc(Nc4ncnc5cccnc45)c3Cl)c2Cl)cc2c1[C@H](NC[C@@H]1CCC(=O)N1)CC2. The Hall–Kier alpha value is -4.31. The molecule has 9 nitrogen and oxygen atoms in total. The molecular formula is C33H29Cl2N7O2. The Morgan fingerprint density at radius 3 is 2.59 bits per heavy atom. The van der Waals surface area contributed by atoms with Crippen LogP contribution in [0.2, 0.25) is 10.0 Å². The van der Waals surface area contributed by atoms with Crippen LogP contribution in [0.3, 0.4) is 0 Å². The third-order valence-electron chi connectivity index (χ3n) is 8.26. The molecule has 0 unspecified atom stereocenters. The number of rotatable bonds is 8. The fourth-order valence-corrected chi connectivity index (χ4v) is 6.70. The number of hydrogen-bond donors (Lipinski definition) is 3. The Labute approximate surface area is 264 Å². The minimum Gasteiger partial charge on any atom is -0.481 e. The van der Waals surface area contributed by atoms with E-state index in [0.717, 1.165) is 52.7 Å². The van der Waals surface area contributed by atoms with E-state index >= 15 is 0 Å². The Bertz CT molecular complexity index is 1900. The first-order chi connectivity index (χ1) is 21.5. The van der Waals surface area contributed by atoms with Gasteiger partial charge in [0.25, 0.3) is 0 Å². The van der Waals surface area contributed by atoms with Crippen molar-refractivity contribution in [2.45, 2.75) is 37.8 Å². The molecule has 222 valence electrons. The number of carbonyl (C=O) groups is 1. The highest BCUT2D eigenvalue weighted by Crippen LogP contribution is 2.44. The van der Waals surface area contributed by atoms with Crippen LogP contribution in [0.4, 0.5) is 11.5 Å². The summed E-state index contributed by atoms with van der Waals surface area (Å²) in [5.74, 6) is 1.26. The van der Waals surface area contributed by atoms with Crippen LogP contribution in [0, 0.1) is 0 Å². The molecule has 3 N–H and O–H groups in total. The fraction of sp³-hybridized carbons (Fsp3) is 0.242. The molecule has 0 saturated carbocycles. The first kappa shape index (κ1) is 28.5. The molecule has 1 saturated heterocycles. The number of aryl methyl sites for hydroxylation is 1. The molecule has 2 atom stereocenters. The van der Waals surface area contributed by atoms with Gasteiger partial charge in [0.15, 0.2) is 5.82 Å². The predicted octanol–water partition coefficient (Wildman–Crippen LogP) is 6.67. The monoisotopic (exact) mass is 625 g/mol. The number of nitrogens with one attached hydrogen (secondary N) is 3. The lowest BCUT2D eigenvalue weighted by atomic mass is 9.99. The van der Waals surface area contributed by atoms with Crippen LogP contribution in [0.25, 0.3) is 33.4 Å². The highest BCUT2D eigenvalue weighted by molar-refractivity contribution is 6.39. The molecule has 5 aromatic rings. The minimum absolute atomic E-state index is 0.108. The largest absolute Gasteiger partial charge is 0.481 e. The molecule has 3 aromatic heterocycles. The van der Waals surface area contributed by atoms with Crippen molar-refractivity contribution in [1.82, 2.24) is 30.6 Å². The Morgan fingerprint density at radius 2 is 1.77 bits per heavy atom. The maximum Gasteiger partial charge on any atom is 0.220 e. The molecule has 0 spiro atoms. The van der Waals surface area contributed by atoms with Crippen LogP contribution in [-0.2, 0) is 11.2 Å². The van der Waals surface area contributed by atoms with Gasteiger partial charge < -0.3 is 20.7 Å². The number of pyridine rings is 2. The standard InChI is InChI=1S/C33H29Cl2N7O2/c1-44-33-28-18(10-12-23(28)37-16-19-11-13-27(43)40-19)15-26(42-33)22-7-2-5-20(29(22)34)21-6-3-8-24(30(21)35)41-32-31-25(38-17-39-32)9-4-14-36-31/h2-9,14-15,17,19,23,37H,10-13,16H2,1H3,(H,40,43)(H,38,39,41)/t19-,23+/m0/s1. The van der Waals surface area contributed by atoms with Crippen molar-refractivity contribution >= 4 is 51.6 Å². The fourth-order valence-electron chi connectivity index (χ4n) is 6.11. The minimum atomic E-state index is 0.108. The number of amides is 1. The van der Waals surface area contributed by atoms with Crippen LogP contribution in [0.1, 0.15) is 36.4 Å². The summed E-state index contributed by atoms with van der Waals surface area (Å²) in [5.41, 5.74) is 7.37. The first-order valence-corrected chi connectivity index (χ1v) is 15.3. The van der Waals surface area contributed by atoms with Crippen molar-refractivity contribution in [1.29, 1.82) is 0 Å². The molecular weight excluding hydrogens is 597 g/mol. The molecule has 1 aliphatic carbocycles. The summed E-state index contributed by atoms with van der Waals surface area (Å²) in [6.07, 6.45) is 6.46.